The van der Waals surface area contributed by atoms with Gasteiger partial charge in [-0.1, -0.05) is 18.2 Å². The van der Waals surface area contributed by atoms with Crippen LogP contribution in [-0.4, -0.2) is 31.8 Å². The molecule has 0 saturated carbocycles. The highest BCUT2D eigenvalue weighted by atomic mass is 16.5. The zero-order valence-electron chi connectivity index (χ0n) is 20.8. The van der Waals surface area contributed by atoms with Crippen LogP contribution in [0.1, 0.15) is 28.8 Å². The summed E-state index contributed by atoms with van der Waals surface area (Å²) < 4.78 is 24.5. The van der Waals surface area contributed by atoms with Crippen LogP contribution in [0.5, 0.6) is 17.2 Å². The third-order valence-electron chi connectivity index (χ3n) is 6.40. The quantitative estimate of drug-likeness (QED) is 0.281. The second kappa shape index (κ2) is 9.70. The summed E-state index contributed by atoms with van der Waals surface area (Å²) in [7, 11) is 4.77. The number of rotatable bonds is 8. The normalized spacial score (nSPS) is 11.1. The molecule has 2 heterocycles. The van der Waals surface area contributed by atoms with Crippen molar-refractivity contribution in [2.75, 3.05) is 26.6 Å². The maximum Gasteiger partial charge on any atom is 0.291 e. The van der Waals surface area contributed by atoms with Gasteiger partial charge in [0.2, 0.25) is 0 Å². The number of methoxy groups -OCH3 is 3. The van der Waals surface area contributed by atoms with Crippen LogP contribution in [0.3, 0.4) is 0 Å². The molecule has 3 aromatic carbocycles. The number of carbonyl (C=O) groups excluding carboxylic acids is 1. The summed E-state index contributed by atoms with van der Waals surface area (Å²) in [6.07, 6.45) is 0.395. The number of hydrogen-bond donors (Lipinski definition) is 1. The van der Waals surface area contributed by atoms with Gasteiger partial charge in [0.15, 0.2) is 5.76 Å². The fourth-order valence-electron chi connectivity index (χ4n) is 4.69. The van der Waals surface area contributed by atoms with Crippen molar-refractivity contribution in [2.24, 2.45) is 0 Å². The number of ether oxygens (including phenoxy) is 3. The highest BCUT2D eigenvalue weighted by Gasteiger charge is 2.18. The summed E-state index contributed by atoms with van der Waals surface area (Å²) in [6, 6.07) is 21.3. The van der Waals surface area contributed by atoms with E-state index < -0.39 is 0 Å². The Balaban J connectivity index is 1.39. The van der Waals surface area contributed by atoms with E-state index in [9.17, 15) is 4.79 Å². The van der Waals surface area contributed by atoms with Crippen LogP contribution >= 0.6 is 0 Å². The predicted molar refractivity (Wildman–Crippen MR) is 141 cm³/mol. The van der Waals surface area contributed by atoms with Gasteiger partial charge in [-0.3, -0.25) is 4.79 Å². The Labute approximate surface area is 209 Å². The van der Waals surface area contributed by atoms with Crippen molar-refractivity contribution in [1.29, 1.82) is 0 Å². The van der Waals surface area contributed by atoms with E-state index in [4.69, 9.17) is 18.6 Å². The van der Waals surface area contributed by atoms with E-state index in [0.717, 1.165) is 28.4 Å². The van der Waals surface area contributed by atoms with Gasteiger partial charge in [0.25, 0.3) is 5.91 Å². The molecule has 1 amide bonds. The molecule has 0 unspecified atom stereocenters. The fourth-order valence-corrected chi connectivity index (χ4v) is 4.69. The zero-order valence-corrected chi connectivity index (χ0v) is 20.8. The number of aryl methyl sites for hydroxylation is 1. The van der Waals surface area contributed by atoms with Crippen LogP contribution < -0.4 is 19.5 Å². The van der Waals surface area contributed by atoms with Crippen LogP contribution in [0.2, 0.25) is 0 Å². The second-order valence-corrected chi connectivity index (χ2v) is 8.40. The highest BCUT2D eigenvalue weighted by molar-refractivity contribution is 6.10. The predicted octanol–water partition coefficient (Wildman–Crippen LogP) is 6.28. The standard InChI is InChI=1S/C29H28N2O5/c1-5-31-24-9-7-6-8-21(24)22-14-18(10-12-25(22)31)30-29(32)26-13-11-19(36-26)15-23-27(34-3)16-20(33-2)17-28(23)35-4/h6-14,16-17H,5,15H2,1-4H3,(H,30,32). The van der Waals surface area contributed by atoms with Crippen molar-refractivity contribution in [2.45, 2.75) is 19.9 Å². The van der Waals surface area contributed by atoms with Crippen molar-refractivity contribution >= 4 is 33.4 Å². The van der Waals surface area contributed by atoms with E-state index >= 15 is 0 Å². The van der Waals surface area contributed by atoms with Gasteiger partial charge in [-0.2, -0.15) is 0 Å². The van der Waals surface area contributed by atoms with Crippen LogP contribution in [0.15, 0.2) is 71.1 Å². The molecule has 0 saturated heterocycles. The van der Waals surface area contributed by atoms with Crippen LogP contribution in [0.4, 0.5) is 5.69 Å². The summed E-state index contributed by atoms with van der Waals surface area (Å²) in [6.45, 7) is 3.00. The lowest BCUT2D eigenvalue weighted by atomic mass is 10.1. The minimum absolute atomic E-state index is 0.229. The average Bonchev–Trinajstić information content (AvgIpc) is 3.51. The maximum absolute atomic E-state index is 13.0. The third-order valence-corrected chi connectivity index (χ3v) is 6.40. The Kier molecular flexibility index (Phi) is 6.29. The van der Waals surface area contributed by atoms with E-state index in [1.807, 2.05) is 30.3 Å². The van der Waals surface area contributed by atoms with Crippen molar-refractivity contribution in [3.8, 4) is 17.2 Å². The Bertz CT molecular complexity index is 1540. The molecule has 5 aromatic rings. The molecule has 36 heavy (non-hydrogen) atoms. The highest BCUT2D eigenvalue weighted by Crippen LogP contribution is 2.36. The number of para-hydroxylation sites is 1. The van der Waals surface area contributed by atoms with E-state index in [-0.39, 0.29) is 11.7 Å². The third kappa shape index (κ3) is 4.13. The van der Waals surface area contributed by atoms with Crippen LogP contribution in [0, 0.1) is 0 Å². The van der Waals surface area contributed by atoms with Crippen molar-refractivity contribution in [3.63, 3.8) is 0 Å². The monoisotopic (exact) mass is 484 g/mol. The Hall–Kier alpha value is -4.39. The molecule has 1 N–H and O–H groups in total. The van der Waals surface area contributed by atoms with Crippen LogP contribution in [-0.2, 0) is 13.0 Å². The lowest BCUT2D eigenvalue weighted by Crippen LogP contribution is -2.10. The number of benzene rings is 3. The minimum atomic E-state index is -0.312. The lowest BCUT2D eigenvalue weighted by Gasteiger charge is -2.14. The summed E-state index contributed by atoms with van der Waals surface area (Å²) in [5, 5.41) is 5.23. The largest absolute Gasteiger partial charge is 0.496 e. The molecule has 0 aliphatic rings. The topological polar surface area (TPSA) is 74.9 Å². The molecule has 0 bridgehead atoms. The maximum atomic E-state index is 13.0. The molecule has 0 aliphatic heterocycles. The van der Waals surface area contributed by atoms with E-state index in [1.165, 1.54) is 5.52 Å². The van der Waals surface area contributed by atoms with Crippen molar-refractivity contribution in [1.82, 2.24) is 4.57 Å². The van der Waals surface area contributed by atoms with Gasteiger partial charge in [0, 0.05) is 58.2 Å². The number of amides is 1. The molecule has 0 fully saturated rings. The smallest absolute Gasteiger partial charge is 0.291 e. The number of hydrogen-bond acceptors (Lipinski definition) is 5. The second-order valence-electron chi connectivity index (χ2n) is 8.40. The van der Waals surface area contributed by atoms with Gasteiger partial charge < -0.3 is 28.5 Å². The zero-order chi connectivity index (χ0) is 25.2. The summed E-state index contributed by atoms with van der Waals surface area (Å²) in [4.78, 5) is 13.0. The summed E-state index contributed by atoms with van der Waals surface area (Å²) in [5.74, 6) is 2.40. The molecule has 0 radical (unpaired) electrons. The number of nitrogens with zero attached hydrogens (tertiary/aromatic N) is 1. The van der Waals surface area contributed by atoms with Crippen LogP contribution in [0.25, 0.3) is 21.8 Å². The molecule has 0 aliphatic carbocycles. The molecule has 7 heteroatoms. The summed E-state index contributed by atoms with van der Waals surface area (Å²) in [5.41, 5.74) is 3.83. The first kappa shape index (κ1) is 23.4. The number of anilines is 1. The molecule has 5 rings (SSSR count). The number of carbonyl (C=O) groups is 1. The first-order valence-electron chi connectivity index (χ1n) is 11.8. The van der Waals surface area contributed by atoms with E-state index in [2.05, 4.69) is 28.9 Å². The molecule has 0 spiro atoms. The Morgan fingerprint density at radius 3 is 2.28 bits per heavy atom. The van der Waals surface area contributed by atoms with Gasteiger partial charge in [-0.15, -0.1) is 0 Å². The number of furan rings is 1. The SMILES string of the molecule is CCn1c2ccccc2c2cc(NC(=O)c3ccc(Cc4c(OC)cc(OC)cc4OC)o3)ccc21. The van der Waals surface area contributed by atoms with Gasteiger partial charge in [-0.25, -0.2) is 0 Å². The number of fused-ring (bicyclic) bond motifs is 3. The van der Waals surface area contributed by atoms with Gasteiger partial charge >= 0.3 is 0 Å². The average molecular weight is 485 g/mol. The molecular weight excluding hydrogens is 456 g/mol. The van der Waals surface area contributed by atoms with Crippen molar-refractivity contribution < 1.29 is 23.4 Å². The van der Waals surface area contributed by atoms with Gasteiger partial charge in [0.05, 0.1) is 21.3 Å². The van der Waals surface area contributed by atoms with E-state index in [1.54, 1.807) is 45.6 Å². The van der Waals surface area contributed by atoms with Crippen molar-refractivity contribution in [3.05, 3.63) is 83.8 Å². The first-order valence-corrected chi connectivity index (χ1v) is 11.8. The molecule has 184 valence electrons. The number of aromatic nitrogens is 1. The molecular formula is C29H28N2O5. The Morgan fingerprint density at radius 1 is 0.861 bits per heavy atom. The van der Waals surface area contributed by atoms with Gasteiger partial charge in [-0.05, 0) is 43.3 Å². The minimum Gasteiger partial charge on any atom is -0.496 e. The molecule has 0 atom stereocenters. The molecule has 7 nitrogen and oxygen atoms in total. The fraction of sp³-hybridized carbons (Fsp3) is 0.207. The Morgan fingerprint density at radius 2 is 1.58 bits per heavy atom. The lowest BCUT2D eigenvalue weighted by molar-refractivity contribution is 0.0995. The molecule has 2 aromatic heterocycles. The van der Waals surface area contributed by atoms with E-state index in [0.29, 0.717) is 35.1 Å². The number of nitrogens with one attached hydrogen (secondary N) is 1. The first-order chi connectivity index (χ1) is 17.6. The van der Waals surface area contributed by atoms with Gasteiger partial charge in [0.1, 0.15) is 23.0 Å². The summed E-state index contributed by atoms with van der Waals surface area (Å²) >= 11 is 0.